The normalized spacial score (nSPS) is 10.4. The van der Waals surface area contributed by atoms with Crippen molar-refractivity contribution in [3.8, 4) is 0 Å². The minimum atomic E-state index is -0.265. The highest BCUT2D eigenvalue weighted by atomic mass is 19.1. The second kappa shape index (κ2) is 8.10. The monoisotopic (exact) mass is 338 g/mol. The Morgan fingerprint density at radius 1 is 1.08 bits per heavy atom. The molecule has 0 saturated heterocycles. The van der Waals surface area contributed by atoms with E-state index in [0.717, 1.165) is 16.8 Å². The van der Waals surface area contributed by atoms with Crippen molar-refractivity contribution in [2.24, 2.45) is 0 Å². The van der Waals surface area contributed by atoms with E-state index in [4.69, 9.17) is 0 Å². The Hall–Kier alpha value is -3.15. The molecule has 0 radical (unpaired) electrons. The molecule has 0 aliphatic carbocycles. The summed E-state index contributed by atoms with van der Waals surface area (Å²) in [6.45, 7) is 1.12. The molecule has 5 nitrogen and oxygen atoms in total. The molecule has 0 aliphatic rings. The van der Waals surface area contributed by atoms with E-state index in [1.54, 1.807) is 18.3 Å². The fourth-order valence-electron chi connectivity index (χ4n) is 2.48. The first-order valence-corrected chi connectivity index (χ1v) is 8.05. The lowest BCUT2D eigenvalue weighted by Crippen LogP contribution is -2.30. The molecule has 128 valence electrons. The van der Waals surface area contributed by atoms with Gasteiger partial charge in [-0.05, 0) is 47.9 Å². The summed E-state index contributed by atoms with van der Waals surface area (Å²) < 4.78 is 14.7. The Bertz CT molecular complexity index is 816. The van der Waals surface area contributed by atoms with Crippen LogP contribution in [-0.2, 0) is 13.0 Å². The van der Waals surface area contributed by atoms with Crippen LogP contribution in [0.1, 0.15) is 11.1 Å². The van der Waals surface area contributed by atoms with Gasteiger partial charge in [0, 0.05) is 24.6 Å². The van der Waals surface area contributed by atoms with Gasteiger partial charge in [-0.2, -0.15) is 5.10 Å². The second-order valence-corrected chi connectivity index (χ2v) is 5.66. The molecule has 1 aromatic heterocycles. The van der Waals surface area contributed by atoms with Gasteiger partial charge in [-0.15, -0.1) is 0 Å². The number of halogens is 1. The predicted octanol–water partition coefficient (Wildman–Crippen LogP) is 3.43. The molecule has 2 amide bonds. The maximum atomic E-state index is 12.8. The van der Waals surface area contributed by atoms with Gasteiger partial charge in [-0.3, -0.25) is 4.68 Å². The van der Waals surface area contributed by atoms with Crippen LogP contribution in [0.5, 0.6) is 0 Å². The van der Waals surface area contributed by atoms with Crippen LogP contribution >= 0.6 is 0 Å². The van der Waals surface area contributed by atoms with Gasteiger partial charge in [-0.1, -0.05) is 24.3 Å². The fourth-order valence-corrected chi connectivity index (χ4v) is 2.48. The van der Waals surface area contributed by atoms with Crippen molar-refractivity contribution in [2.75, 3.05) is 11.9 Å². The SMILES string of the molecule is O=C(NCCc1ccc(F)cc1)Nc1cccc(Cn2cccn2)c1. The number of aromatic nitrogens is 2. The zero-order valence-corrected chi connectivity index (χ0v) is 13.7. The average Bonchev–Trinajstić information content (AvgIpc) is 3.10. The molecule has 0 atom stereocenters. The number of carbonyl (C=O) groups excluding carboxylic acids is 1. The molecule has 0 saturated carbocycles. The van der Waals surface area contributed by atoms with Crippen molar-refractivity contribution < 1.29 is 9.18 Å². The van der Waals surface area contributed by atoms with Gasteiger partial charge in [0.05, 0.1) is 6.54 Å². The molecule has 3 aromatic rings. The Morgan fingerprint density at radius 3 is 2.68 bits per heavy atom. The number of hydrogen-bond donors (Lipinski definition) is 2. The Morgan fingerprint density at radius 2 is 1.92 bits per heavy atom. The van der Waals surface area contributed by atoms with Crippen LogP contribution in [0.15, 0.2) is 67.0 Å². The summed E-state index contributed by atoms with van der Waals surface area (Å²) in [4.78, 5) is 12.0. The molecule has 1 heterocycles. The highest BCUT2D eigenvalue weighted by molar-refractivity contribution is 5.89. The maximum absolute atomic E-state index is 12.8. The molecular formula is C19H19FN4O. The van der Waals surface area contributed by atoms with Gasteiger partial charge < -0.3 is 10.6 Å². The summed E-state index contributed by atoms with van der Waals surface area (Å²) in [5, 5.41) is 9.79. The van der Waals surface area contributed by atoms with Crippen molar-refractivity contribution in [3.63, 3.8) is 0 Å². The number of nitrogens with one attached hydrogen (secondary N) is 2. The largest absolute Gasteiger partial charge is 0.338 e. The van der Waals surface area contributed by atoms with Crippen molar-refractivity contribution >= 4 is 11.7 Å². The van der Waals surface area contributed by atoms with Gasteiger partial charge in [0.15, 0.2) is 0 Å². The third-order valence-electron chi connectivity index (χ3n) is 3.70. The zero-order valence-electron chi connectivity index (χ0n) is 13.7. The third kappa shape index (κ3) is 5.17. The molecule has 25 heavy (non-hydrogen) atoms. The number of amides is 2. The van der Waals surface area contributed by atoms with E-state index in [9.17, 15) is 9.18 Å². The van der Waals surface area contributed by atoms with Crippen LogP contribution in [-0.4, -0.2) is 22.4 Å². The van der Waals surface area contributed by atoms with E-state index in [0.29, 0.717) is 19.5 Å². The Kier molecular flexibility index (Phi) is 5.41. The Balaban J connectivity index is 1.48. The molecular weight excluding hydrogens is 319 g/mol. The molecule has 0 unspecified atom stereocenters. The van der Waals surface area contributed by atoms with Crippen molar-refractivity contribution in [2.45, 2.75) is 13.0 Å². The van der Waals surface area contributed by atoms with Crippen LogP contribution in [0.2, 0.25) is 0 Å². The van der Waals surface area contributed by atoms with Crippen LogP contribution in [0, 0.1) is 5.82 Å². The van der Waals surface area contributed by atoms with Gasteiger partial charge in [0.25, 0.3) is 0 Å². The summed E-state index contributed by atoms with van der Waals surface area (Å²) in [5.74, 6) is -0.260. The van der Waals surface area contributed by atoms with E-state index in [1.807, 2.05) is 41.2 Å². The first-order valence-electron chi connectivity index (χ1n) is 8.05. The third-order valence-corrected chi connectivity index (χ3v) is 3.70. The lowest BCUT2D eigenvalue weighted by molar-refractivity contribution is 0.252. The summed E-state index contributed by atoms with van der Waals surface area (Å²) >= 11 is 0. The van der Waals surface area contributed by atoms with Crippen molar-refractivity contribution in [1.82, 2.24) is 15.1 Å². The molecule has 0 fully saturated rings. The van der Waals surface area contributed by atoms with Crippen LogP contribution in [0.4, 0.5) is 14.9 Å². The first-order chi connectivity index (χ1) is 12.2. The molecule has 3 rings (SSSR count). The van der Waals surface area contributed by atoms with E-state index >= 15 is 0 Å². The maximum Gasteiger partial charge on any atom is 0.319 e. The molecule has 0 spiro atoms. The number of hydrogen-bond acceptors (Lipinski definition) is 2. The number of nitrogens with zero attached hydrogens (tertiary/aromatic N) is 2. The minimum absolute atomic E-state index is 0.260. The molecule has 0 bridgehead atoms. The van der Waals surface area contributed by atoms with Crippen LogP contribution in [0.25, 0.3) is 0 Å². The topological polar surface area (TPSA) is 59.0 Å². The van der Waals surface area contributed by atoms with Gasteiger partial charge in [-0.25, -0.2) is 9.18 Å². The quantitative estimate of drug-likeness (QED) is 0.723. The standard InChI is InChI=1S/C19H19FN4O/c20-17-7-5-15(6-8-17)9-11-21-19(25)23-18-4-1-3-16(13-18)14-24-12-2-10-22-24/h1-8,10,12-13H,9,11,14H2,(H2,21,23,25). The van der Waals surface area contributed by atoms with Crippen LogP contribution < -0.4 is 10.6 Å². The summed E-state index contributed by atoms with van der Waals surface area (Å²) in [6.07, 6.45) is 4.27. The first kappa shape index (κ1) is 16.7. The number of carbonyl (C=O) groups is 1. The molecule has 6 heteroatoms. The van der Waals surface area contributed by atoms with Gasteiger partial charge >= 0.3 is 6.03 Å². The van der Waals surface area contributed by atoms with Crippen molar-refractivity contribution in [3.05, 3.63) is 83.9 Å². The zero-order chi connectivity index (χ0) is 17.5. The predicted molar refractivity (Wildman–Crippen MR) is 94.9 cm³/mol. The number of anilines is 1. The number of benzene rings is 2. The fraction of sp³-hybridized carbons (Fsp3) is 0.158. The van der Waals surface area contributed by atoms with E-state index in [2.05, 4.69) is 15.7 Å². The lowest BCUT2D eigenvalue weighted by Gasteiger charge is -2.09. The minimum Gasteiger partial charge on any atom is -0.338 e. The van der Waals surface area contributed by atoms with Gasteiger partial charge in [0.2, 0.25) is 0 Å². The van der Waals surface area contributed by atoms with Gasteiger partial charge in [0.1, 0.15) is 5.82 Å². The number of rotatable bonds is 6. The summed E-state index contributed by atoms with van der Waals surface area (Å²) in [6, 6.07) is 15.5. The average molecular weight is 338 g/mol. The van der Waals surface area contributed by atoms with Crippen LogP contribution in [0.3, 0.4) is 0 Å². The molecule has 2 aromatic carbocycles. The number of urea groups is 1. The second-order valence-electron chi connectivity index (χ2n) is 5.66. The highest BCUT2D eigenvalue weighted by Crippen LogP contribution is 2.11. The van der Waals surface area contributed by atoms with E-state index < -0.39 is 0 Å². The van der Waals surface area contributed by atoms with E-state index in [-0.39, 0.29) is 11.8 Å². The molecule has 2 N–H and O–H groups in total. The summed E-state index contributed by atoms with van der Waals surface area (Å²) in [7, 11) is 0. The summed E-state index contributed by atoms with van der Waals surface area (Å²) in [5.41, 5.74) is 2.75. The highest BCUT2D eigenvalue weighted by Gasteiger charge is 2.03. The lowest BCUT2D eigenvalue weighted by atomic mass is 10.1. The van der Waals surface area contributed by atoms with E-state index in [1.165, 1.54) is 12.1 Å². The smallest absolute Gasteiger partial charge is 0.319 e. The van der Waals surface area contributed by atoms with Crippen molar-refractivity contribution in [1.29, 1.82) is 0 Å². The molecule has 0 aliphatic heterocycles. The Labute approximate surface area is 145 Å².